The van der Waals surface area contributed by atoms with Crippen molar-refractivity contribution in [3.63, 3.8) is 0 Å². The van der Waals surface area contributed by atoms with Crippen LogP contribution in [0.25, 0.3) is 0 Å². The number of anilines is 1. The summed E-state index contributed by atoms with van der Waals surface area (Å²) >= 11 is 0.979. The molecule has 2 rings (SSSR count). The second kappa shape index (κ2) is 7.94. The minimum absolute atomic E-state index is 0.0487. The van der Waals surface area contributed by atoms with Crippen LogP contribution in [0, 0.1) is 6.92 Å². The molecular formula is C16H23N3O5S. The number of carbonyl (C=O) groups excluding carboxylic acids is 3. The molecule has 25 heavy (non-hydrogen) atoms. The van der Waals surface area contributed by atoms with Crippen molar-refractivity contribution in [1.29, 1.82) is 0 Å². The number of morpholine rings is 1. The van der Waals surface area contributed by atoms with E-state index in [2.05, 4.69) is 5.32 Å². The van der Waals surface area contributed by atoms with Gasteiger partial charge < -0.3 is 20.5 Å². The van der Waals surface area contributed by atoms with Crippen LogP contribution in [0.5, 0.6) is 0 Å². The van der Waals surface area contributed by atoms with E-state index in [0.29, 0.717) is 18.7 Å². The van der Waals surface area contributed by atoms with Crippen molar-refractivity contribution < 1.29 is 23.9 Å². The topological polar surface area (TPSA) is 111 Å². The summed E-state index contributed by atoms with van der Waals surface area (Å²) in [6.07, 6.45) is 0.0975. The molecule has 0 saturated carbocycles. The van der Waals surface area contributed by atoms with Crippen LogP contribution in [0.2, 0.25) is 0 Å². The first-order valence-corrected chi connectivity index (χ1v) is 8.73. The number of hydrogen-bond donors (Lipinski definition) is 2. The summed E-state index contributed by atoms with van der Waals surface area (Å²) in [5.74, 6) is -1.54. The van der Waals surface area contributed by atoms with Crippen LogP contribution in [0.1, 0.15) is 39.4 Å². The Kier molecular flexibility index (Phi) is 6.15. The minimum Gasteiger partial charge on any atom is -0.465 e. The first-order chi connectivity index (χ1) is 11.7. The Bertz CT molecular complexity index is 678. The van der Waals surface area contributed by atoms with Gasteiger partial charge in [0.2, 0.25) is 5.91 Å². The van der Waals surface area contributed by atoms with Crippen molar-refractivity contribution in [1.82, 2.24) is 4.90 Å². The van der Waals surface area contributed by atoms with Crippen LogP contribution in [-0.4, -0.2) is 61.6 Å². The quantitative estimate of drug-likeness (QED) is 0.749. The molecule has 1 saturated heterocycles. The van der Waals surface area contributed by atoms with E-state index in [9.17, 15) is 14.4 Å². The Balaban J connectivity index is 2.15. The van der Waals surface area contributed by atoms with Gasteiger partial charge in [-0.25, -0.2) is 4.79 Å². The van der Waals surface area contributed by atoms with Crippen molar-refractivity contribution in [2.45, 2.75) is 33.0 Å². The highest BCUT2D eigenvalue weighted by Gasteiger charge is 2.27. The number of nitrogens with two attached hydrogens (primary N) is 1. The minimum atomic E-state index is -0.649. The number of thiophene rings is 1. The number of nitrogens with zero attached hydrogens (tertiary/aromatic N) is 1. The summed E-state index contributed by atoms with van der Waals surface area (Å²) in [7, 11) is 1.24. The van der Waals surface area contributed by atoms with Gasteiger partial charge in [-0.05, 0) is 26.3 Å². The van der Waals surface area contributed by atoms with Gasteiger partial charge in [0.05, 0.1) is 36.3 Å². The molecular weight excluding hydrogens is 346 g/mol. The van der Waals surface area contributed by atoms with Crippen molar-refractivity contribution in [2.24, 2.45) is 5.73 Å². The fourth-order valence-electron chi connectivity index (χ4n) is 2.97. The van der Waals surface area contributed by atoms with Crippen molar-refractivity contribution in [2.75, 3.05) is 32.1 Å². The number of nitrogens with one attached hydrogen (secondary N) is 1. The zero-order valence-corrected chi connectivity index (χ0v) is 15.6. The molecule has 2 amide bonds. The average Bonchev–Trinajstić information content (AvgIpc) is 2.81. The Morgan fingerprint density at radius 2 is 1.92 bits per heavy atom. The van der Waals surface area contributed by atoms with Gasteiger partial charge in [-0.2, -0.15) is 0 Å². The van der Waals surface area contributed by atoms with Crippen LogP contribution in [0.3, 0.4) is 0 Å². The molecule has 2 atom stereocenters. The lowest BCUT2D eigenvalue weighted by Gasteiger charge is -2.34. The van der Waals surface area contributed by atoms with E-state index in [1.807, 2.05) is 18.7 Å². The number of hydrogen-bond acceptors (Lipinski definition) is 7. The number of carbonyl (C=O) groups is 3. The summed E-state index contributed by atoms with van der Waals surface area (Å²) in [5.41, 5.74) is 5.91. The predicted octanol–water partition coefficient (Wildman–Crippen LogP) is 0.990. The summed E-state index contributed by atoms with van der Waals surface area (Å²) < 4.78 is 10.4. The number of primary amides is 1. The zero-order valence-electron chi connectivity index (χ0n) is 14.8. The monoisotopic (exact) mass is 369 g/mol. The van der Waals surface area contributed by atoms with Gasteiger partial charge in [0, 0.05) is 13.1 Å². The molecule has 2 heterocycles. The number of rotatable bonds is 5. The van der Waals surface area contributed by atoms with Crippen LogP contribution >= 0.6 is 11.3 Å². The first kappa shape index (κ1) is 19.4. The molecule has 1 aliphatic rings. The fourth-order valence-corrected chi connectivity index (χ4v) is 4.03. The predicted molar refractivity (Wildman–Crippen MR) is 94.0 cm³/mol. The SMILES string of the molecule is COC(=O)c1c(NC(=O)CN2C[C@H](C)O[C@@H](C)C2)sc(C(N)=O)c1C. The van der Waals surface area contributed by atoms with E-state index in [1.165, 1.54) is 7.11 Å². The summed E-state index contributed by atoms with van der Waals surface area (Å²) in [5, 5.41) is 2.98. The molecule has 1 aromatic rings. The number of esters is 1. The van der Waals surface area contributed by atoms with Crippen LogP contribution in [-0.2, 0) is 14.3 Å². The zero-order chi connectivity index (χ0) is 18.7. The molecule has 1 aliphatic heterocycles. The van der Waals surface area contributed by atoms with Crippen molar-refractivity contribution >= 4 is 34.1 Å². The maximum absolute atomic E-state index is 12.4. The Labute approximate surface area is 150 Å². The molecule has 8 nitrogen and oxygen atoms in total. The second-order valence-corrected chi connectivity index (χ2v) is 7.14. The summed E-state index contributed by atoms with van der Waals surface area (Å²) in [6, 6.07) is 0. The lowest BCUT2D eigenvalue weighted by Crippen LogP contribution is -2.48. The molecule has 0 spiro atoms. The standard InChI is InChI=1S/C16H23N3O5S/c1-8-5-19(6-9(2)24-8)7-11(20)18-15-12(16(22)23-4)10(3)13(25-15)14(17)21/h8-9H,5-7H2,1-4H3,(H2,17,21)(H,18,20)/t8-,9-/m0/s1. The first-order valence-electron chi connectivity index (χ1n) is 7.92. The Hall–Kier alpha value is -1.97. The van der Waals surface area contributed by atoms with E-state index < -0.39 is 11.9 Å². The van der Waals surface area contributed by atoms with E-state index in [-0.39, 0.29) is 40.1 Å². The maximum Gasteiger partial charge on any atom is 0.341 e. The van der Waals surface area contributed by atoms with Gasteiger partial charge in [-0.3, -0.25) is 14.5 Å². The molecule has 0 aromatic carbocycles. The maximum atomic E-state index is 12.4. The highest BCUT2D eigenvalue weighted by molar-refractivity contribution is 7.18. The third kappa shape index (κ3) is 4.56. The van der Waals surface area contributed by atoms with Crippen LogP contribution in [0.4, 0.5) is 5.00 Å². The normalized spacial score (nSPS) is 21.0. The third-order valence-electron chi connectivity index (χ3n) is 3.88. The van der Waals surface area contributed by atoms with Gasteiger partial charge in [0.1, 0.15) is 5.00 Å². The van der Waals surface area contributed by atoms with Gasteiger partial charge in [0.25, 0.3) is 5.91 Å². The Morgan fingerprint density at radius 3 is 2.44 bits per heavy atom. The third-order valence-corrected chi connectivity index (χ3v) is 5.10. The molecule has 1 aromatic heterocycles. The van der Waals surface area contributed by atoms with Crippen LogP contribution < -0.4 is 11.1 Å². The molecule has 3 N–H and O–H groups in total. The van der Waals surface area contributed by atoms with Crippen LogP contribution in [0.15, 0.2) is 0 Å². The number of amides is 2. The van der Waals surface area contributed by atoms with Crippen molar-refractivity contribution in [3.05, 3.63) is 16.0 Å². The smallest absolute Gasteiger partial charge is 0.341 e. The molecule has 0 bridgehead atoms. The number of ether oxygens (including phenoxy) is 2. The number of methoxy groups -OCH3 is 1. The van der Waals surface area contributed by atoms with E-state index in [0.717, 1.165) is 11.3 Å². The molecule has 0 aliphatic carbocycles. The van der Waals surface area contributed by atoms with E-state index in [4.69, 9.17) is 15.2 Å². The average molecular weight is 369 g/mol. The largest absolute Gasteiger partial charge is 0.465 e. The Morgan fingerprint density at radius 1 is 1.32 bits per heavy atom. The lowest BCUT2D eigenvalue weighted by atomic mass is 10.1. The molecule has 0 radical (unpaired) electrons. The van der Waals surface area contributed by atoms with Gasteiger partial charge in [-0.1, -0.05) is 0 Å². The summed E-state index contributed by atoms with van der Waals surface area (Å²) in [4.78, 5) is 38.1. The molecule has 9 heteroatoms. The fraction of sp³-hybridized carbons (Fsp3) is 0.562. The van der Waals surface area contributed by atoms with Gasteiger partial charge in [-0.15, -0.1) is 11.3 Å². The van der Waals surface area contributed by atoms with Crippen molar-refractivity contribution in [3.8, 4) is 0 Å². The lowest BCUT2D eigenvalue weighted by molar-refractivity contribution is -0.121. The van der Waals surface area contributed by atoms with E-state index in [1.54, 1.807) is 6.92 Å². The highest BCUT2D eigenvalue weighted by Crippen LogP contribution is 2.33. The van der Waals surface area contributed by atoms with Gasteiger partial charge in [0.15, 0.2) is 0 Å². The van der Waals surface area contributed by atoms with E-state index >= 15 is 0 Å². The van der Waals surface area contributed by atoms with Gasteiger partial charge >= 0.3 is 5.97 Å². The second-order valence-electron chi connectivity index (χ2n) is 6.12. The molecule has 0 unspecified atom stereocenters. The summed E-state index contributed by atoms with van der Waals surface area (Å²) in [6.45, 7) is 6.98. The molecule has 138 valence electrons. The highest BCUT2D eigenvalue weighted by atomic mass is 32.1. The molecule has 1 fully saturated rings.